The molecule has 4 aromatic rings. The van der Waals surface area contributed by atoms with Gasteiger partial charge in [0.1, 0.15) is 11.3 Å². The summed E-state index contributed by atoms with van der Waals surface area (Å²) >= 11 is 1.43. The lowest BCUT2D eigenvalue weighted by Crippen LogP contribution is -1.86. The first-order chi connectivity index (χ1) is 11.2. The molecular weight excluding hydrogens is 314 g/mol. The Bertz CT molecular complexity index is 1110. The van der Waals surface area contributed by atoms with Gasteiger partial charge in [0, 0.05) is 32.6 Å². The molecule has 23 heavy (non-hydrogen) atoms. The van der Waals surface area contributed by atoms with Crippen LogP contribution in [0.1, 0.15) is 5.56 Å². The van der Waals surface area contributed by atoms with E-state index in [1.165, 1.54) is 17.4 Å². The summed E-state index contributed by atoms with van der Waals surface area (Å²) in [6, 6.07) is 13.4. The molecule has 2 nitrogen and oxygen atoms in total. The van der Waals surface area contributed by atoms with E-state index in [1.807, 2.05) is 18.2 Å². The quantitative estimate of drug-likeness (QED) is 0.479. The molecule has 0 bridgehead atoms. The van der Waals surface area contributed by atoms with E-state index in [9.17, 15) is 8.78 Å². The number of nitrogens with zero attached hydrogens (tertiary/aromatic N) is 2. The van der Waals surface area contributed by atoms with Crippen molar-refractivity contribution in [2.75, 3.05) is 0 Å². The molecule has 0 aliphatic carbocycles. The normalized spacial score (nSPS) is 11.0. The highest BCUT2D eigenvalue weighted by atomic mass is 32.1. The molecule has 0 saturated heterocycles. The molecule has 4 rings (SSSR count). The first-order valence-electron chi connectivity index (χ1n) is 6.83. The minimum Gasteiger partial charge on any atom is -0.252 e. The zero-order chi connectivity index (χ0) is 16.0. The Morgan fingerprint density at radius 3 is 2.78 bits per heavy atom. The second-order valence-electron chi connectivity index (χ2n) is 5.13. The van der Waals surface area contributed by atoms with Crippen LogP contribution in [0.15, 0.2) is 48.7 Å². The van der Waals surface area contributed by atoms with Crippen molar-refractivity contribution < 1.29 is 8.78 Å². The number of rotatable bonds is 1. The van der Waals surface area contributed by atoms with Crippen LogP contribution in [0.5, 0.6) is 0 Å². The van der Waals surface area contributed by atoms with Crippen LogP contribution in [0.2, 0.25) is 0 Å². The fraction of sp³-hybridized carbons (Fsp3) is 0. The number of nitriles is 1. The van der Waals surface area contributed by atoms with E-state index >= 15 is 0 Å². The van der Waals surface area contributed by atoms with Gasteiger partial charge in [0.25, 0.3) is 0 Å². The van der Waals surface area contributed by atoms with Crippen LogP contribution in [0.3, 0.4) is 0 Å². The van der Waals surface area contributed by atoms with Gasteiger partial charge in [0.05, 0.1) is 11.6 Å². The molecule has 0 aliphatic rings. The third-order valence-electron chi connectivity index (χ3n) is 3.64. The molecule has 0 radical (unpaired) electrons. The highest BCUT2D eigenvalue weighted by molar-refractivity contribution is 7.23. The van der Waals surface area contributed by atoms with Gasteiger partial charge < -0.3 is 0 Å². The van der Waals surface area contributed by atoms with Crippen LogP contribution < -0.4 is 0 Å². The Balaban J connectivity index is 2.01. The van der Waals surface area contributed by atoms with Crippen molar-refractivity contribution in [2.24, 2.45) is 0 Å². The molecule has 2 heterocycles. The minimum absolute atomic E-state index is 0.165. The molecule has 0 amide bonds. The van der Waals surface area contributed by atoms with E-state index in [2.05, 4.69) is 11.1 Å². The van der Waals surface area contributed by atoms with Crippen molar-refractivity contribution in [2.45, 2.75) is 0 Å². The summed E-state index contributed by atoms with van der Waals surface area (Å²) < 4.78 is 28.2. The predicted molar refractivity (Wildman–Crippen MR) is 87.2 cm³/mol. The molecule has 0 unspecified atom stereocenters. The molecule has 110 valence electrons. The Kier molecular flexibility index (Phi) is 3.07. The van der Waals surface area contributed by atoms with Gasteiger partial charge in [-0.3, -0.25) is 4.98 Å². The highest BCUT2D eigenvalue weighted by Crippen LogP contribution is 2.37. The van der Waals surface area contributed by atoms with Crippen LogP contribution in [-0.4, -0.2) is 4.98 Å². The van der Waals surface area contributed by atoms with Gasteiger partial charge in [-0.2, -0.15) is 5.26 Å². The van der Waals surface area contributed by atoms with Crippen LogP contribution in [0.4, 0.5) is 8.78 Å². The van der Waals surface area contributed by atoms with Gasteiger partial charge in [0.15, 0.2) is 5.82 Å². The molecule has 0 N–H and O–H groups in total. The zero-order valence-electron chi connectivity index (χ0n) is 11.7. The fourth-order valence-corrected chi connectivity index (χ4v) is 3.75. The lowest BCUT2D eigenvalue weighted by atomic mass is 10.1. The fourth-order valence-electron chi connectivity index (χ4n) is 2.60. The first-order valence-corrected chi connectivity index (χ1v) is 7.65. The second-order valence-corrected chi connectivity index (χ2v) is 6.18. The molecule has 0 atom stereocenters. The summed E-state index contributed by atoms with van der Waals surface area (Å²) in [6.07, 6.45) is 1.59. The van der Waals surface area contributed by atoms with E-state index in [4.69, 9.17) is 5.26 Å². The maximum Gasteiger partial charge on any atom is 0.152 e. The average molecular weight is 322 g/mol. The lowest BCUT2D eigenvalue weighted by molar-refractivity contribution is 0.590. The number of fused-ring (bicyclic) bond motifs is 3. The maximum absolute atomic E-state index is 13.9. The van der Waals surface area contributed by atoms with Gasteiger partial charge in [-0.05, 0) is 29.8 Å². The number of halogens is 2. The summed E-state index contributed by atoms with van der Waals surface area (Å²) in [4.78, 5) is 5.03. The largest absolute Gasteiger partial charge is 0.252 e. The average Bonchev–Trinajstić information content (AvgIpc) is 2.99. The van der Waals surface area contributed by atoms with E-state index in [-0.39, 0.29) is 5.52 Å². The number of benzene rings is 2. The Labute approximate surface area is 134 Å². The third-order valence-corrected chi connectivity index (χ3v) is 4.88. The molecule has 5 heteroatoms. The summed E-state index contributed by atoms with van der Waals surface area (Å²) in [5.41, 5.74) is 1.63. The van der Waals surface area contributed by atoms with Crippen molar-refractivity contribution in [3.8, 4) is 16.5 Å². The Hall–Kier alpha value is -2.84. The Morgan fingerprint density at radius 2 is 1.96 bits per heavy atom. The van der Waals surface area contributed by atoms with Crippen molar-refractivity contribution in [1.29, 1.82) is 5.26 Å². The van der Waals surface area contributed by atoms with Gasteiger partial charge in [-0.25, -0.2) is 8.78 Å². The SMILES string of the molecule is N#Cc1cccc(-c2cc3cnc4c(F)cc(F)cc4c3s2)c1. The van der Waals surface area contributed by atoms with Crippen molar-refractivity contribution in [3.63, 3.8) is 0 Å². The second kappa shape index (κ2) is 5.11. The molecule has 0 saturated carbocycles. The van der Waals surface area contributed by atoms with Gasteiger partial charge in [0.2, 0.25) is 0 Å². The van der Waals surface area contributed by atoms with Crippen LogP contribution in [0.25, 0.3) is 31.4 Å². The molecule has 0 spiro atoms. The number of pyridine rings is 1. The molecule has 2 aromatic heterocycles. The monoisotopic (exact) mass is 322 g/mol. The molecular formula is C18H8F2N2S. The van der Waals surface area contributed by atoms with Crippen molar-refractivity contribution in [3.05, 3.63) is 65.9 Å². The number of hydrogen-bond acceptors (Lipinski definition) is 3. The van der Waals surface area contributed by atoms with Crippen molar-refractivity contribution in [1.82, 2.24) is 4.98 Å². The standard InChI is InChI=1S/C18H8F2N2S/c19-13-6-14-17(15(20)7-13)22-9-12-5-16(23-18(12)14)11-3-1-2-10(4-11)8-21/h1-7,9H. The lowest BCUT2D eigenvalue weighted by Gasteiger charge is -2.00. The third kappa shape index (κ3) is 2.24. The summed E-state index contributed by atoms with van der Waals surface area (Å²) in [5, 5.41) is 10.3. The minimum atomic E-state index is -0.664. The van der Waals surface area contributed by atoms with E-state index < -0.39 is 11.6 Å². The van der Waals surface area contributed by atoms with Crippen molar-refractivity contribution >= 4 is 32.3 Å². The number of aromatic nitrogens is 1. The predicted octanol–water partition coefficient (Wildman–Crippen LogP) is 5.27. The number of hydrogen-bond donors (Lipinski definition) is 0. The molecule has 2 aromatic carbocycles. The van der Waals surface area contributed by atoms with Crippen LogP contribution in [-0.2, 0) is 0 Å². The Morgan fingerprint density at radius 1 is 1.09 bits per heavy atom. The molecule has 0 aliphatic heterocycles. The van der Waals surface area contributed by atoms with Gasteiger partial charge in [-0.1, -0.05) is 12.1 Å². The topological polar surface area (TPSA) is 36.7 Å². The molecule has 0 fully saturated rings. The van der Waals surface area contributed by atoms with E-state index in [0.717, 1.165) is 26.6 Å². The van der Waals surface area contributed by atoms with E-state index in [1.54, 1.807) is 18.3 Å². The van der Waals surface area contributed by atoms with Crippen LogP contribution >= 0.6 is 11.3 Å². The van der Waals surface area contributed by atoms with E-state index in [0.29, 0.717) is 10.9 Å². The first kappa shape index (κ1) is 13.8. The van der Waals surface area contributed by atoms with Gasteiger partial charge >= 0.3 is 0 Å². The van der Waals surface area contributed by atoms with Crippen LogP contribution in [0, 0.1) is 23.0 Å². The zero-order valence-corrected chi connectivity index (χ0v) is 12.5. The summed E-state index contributed by atoms with van der Waals surface area (Å²) in [7, 11) is 0. The number of thiophene rings is 1. The summed E-state index contributed by atoms with van der Waals surface area (Å²) in [6.45, 7) is 0. The maximum atomic E-state index is 13.9. The summed E-state index contributed by atoms with van der Waals surface area (Å²) in [5.74, 6) is -1.28. The highest BCUT2D eigenvalue weighted by Gasteiger charge is 2.12. The van der Waals surface area contributed by atoms with Gasteiger partial charge in [-0.15, -0.1) is 11.3 Å². The smallest absolute Gasteiger partial charge is 0.152 e.